The van der Waals surface area contributed by atoms with Gasteiger partial charge in [0.2, 0.25) is 6.29 Å². The second kappa shape index (κ2) is 5.85. The first-order chi connectivity index (χ1) is 10.7. The fraction of sp³-hybridized carbons (Fsp3) is 0.111. The first kappa shape index (κ1) is 14.1. The Morgan fingerprint density at radius 2 is 1.86 bits per heavy atom. The van der Waals surface area contributed by atoms with Crippen LogP contribution in [0.25, 0.3) is 5.52 Å². The number of amides is 1. The normalized spacial score (nSPS) is 10.6. The van der Waals surface area contributed by atoms with E-state index in [0.717, 1.165) is 23.2 Å². The molecule has 0 saturated carbocycles. The number of anilines is 1. The minimum atomic E-state index is -0.634. The molecule has 0 radical (unpaired) electrons. The highest BCUT2D eigenvalue weighted by Crippen LogP contribution is 2.29. The molecule has 3 rings (SSSR count). The van der Waals surface area contributed by atoms with Crippen molar-refractivity contribution in [2.45, 2.75) is 13.3 Å². The van der Waals surface area contributed by atoms with Crippen molar-refractivity contribution < 1.29 is 9.59 Å². The van der Waals surface area contributed by atoms with Crippen molar-refractivity contribution in [1.29, 1.82) is 0 Å². The summed E-state index contributed by atoms with van der Waals surface area (Å²) in [7, 11) is 0. The lowest BCUT2D eigenvalue weighted by molar-refractivity contribution is -0.127. The number of benzene rings is 1. The summed E-state index contributed by atoms with van der Waals surface area (Å²) in [5.41, 5.74) is 4.86. The van der Waals surface area contributed by atoms with Gasteiger partial charge < -0.3 is 9.72 Å². The number of rotatable bonds is 4. The molecule has 0 atom stereocenters. The van der Waals surface area contributed by atoms with E-state index < -0.39 is 5.91 Å². The Hall–Kier alpha value is -2.88. The predicted molar refractivity (Wildman–Crippen MR) is 86.1 cm³/mol. The lowest BCUT2D eigenvalue weighted by Crippen LogP contribution is -2.12. The van der Waals surface area contributed by atoms with E-state index in [0.29, 0.717) is 12.0 Å². The number of carbonyl (C=O) groups excluding carboxylic acids is 2. The lowest BCUT2D eigenvalue weighted by atomic mass is 10.1. The van der Waals surface area contributed by atoms with Crippen LogP contribution in [-0.4, -0.2) is 16.6 Å². The maximum absolute atomic E-state index is 11.5. The van der Waals surface area contributed by atoms with Gasteiger partial charge in [-0.3, -0.25) is 9.59 Å². The Morgan fingerprint density at radius 1 is 1.14 bits per heavy atom. The van der Waals surface area contributed by atoms with Gasteiger partial charge in [0.15, 0.2) is 0 Å². The first-order valence-corrected chi connectivity index (χ1v) is 7.09. The average Bonchev–Trinajstić information content (AvgIpc) is 2.82. The Morgan fingerprint density at radius 3 is 2.59 bits per heavy atom. The van der Waals surface area contributed by atoms with E-state index in [4.69, 9.17) is 0 Å². The van der Waals surface area contributed by atoms with Gasteiger partial charge in [-0.2, -0.15) is 0 Å². The van der Waals surface area contributed by atoms with Crippen LogP contribution in [-0.2, 0) is 16.0 Å². The topological polar surface area (TPSA) is 50.6 Å². The van der Waals surface area contributed by atoms with Crippen molar-refractivity contribution in [3.05, 3.63) is 71.5 Å². The number of aromatic nitrogens is 1. The molecule has 0 aliphatic heterocycles. The molecule has 0 bridgehead atoms. The van der Waals surface area contributed by atoms with E-state index in [1.807, 2.05) is 49.5 Å². The maximum atomic E-state index is 11.5. The zero-order chi connectivity index (χ0) is 15.5. The third kappa shape index (κ3) is 2.51. The van der Waals surface area contributed by atoms with Gasteiger partial charge in [0, 0.05) is 18.3 Å². The fourth-order valence-corrected chi connectivity index (χ4v) is 2.72. The summed E-state index contributed by atoms with van der Waals surface area (Å²) in [6, 6.07) is 16.0. The highest BCUT2D eigenvalue weighted by molar-refractivity contribution is 6.30. The fourth-order valence-electron chi connectivity index (χ4n) is 2.72. The zero-order valence-electron chi connectivity index (χ0n) is 12.2. The summed E-state index contributed by atoms with van der Waals surface area (Å²) in [5.74, 6) is -0.634. The molecule has 4 heteroatoms. The zero-order valence-corrected chi connectivity index (χ0v) is 12.2. The number of aldehydes is 1. The highest BCUT2D eigenvalue weighted by Gasteiger charge is 2.16. The molecular formula is C18H16N2O2. The Labute approximate surface area is 128 Å². The van der Waals surface area contributed by atoms with Crippen LogP contribution in [0.5, 0.6) is 0 Å². The second-order valence-corrected chi connectivity index (χ2v) is 5.17. The van der Waals surface area contributed by atoms with Gasteiger partial charge in [-0.15, -0.1) is 0 Å². The Kier molecular flexibility index (Phi) is 3.74. The minimum absolute atomic E-state index is 0.294. The van der Waals surface area contributed by atoms with Crippen molar-refractivity contribution in [3.8, 4) is 0 Å². The number of fused-ring (bicyclic) bond motifs is 1. The van der Waals surface area contributed by atoms with Gasteiger partial charge in [0.05, 0.1) is 11.2 Å². The van der Waals surface area contributed by atoms with Crippen LogP contribution in [0.1, 0.15) is 16.8 Å². The SMILES string of the molecule is Cc1c(NC(=O)C=O)c2ccccn2c1Cc1ccccc1. The summed E-state index contributed by atoms with van der Waals surface area (Å²) in [5, 5.41) is 2.68. The molecule has 110 valence electrons. The number of nitrogens with one attached hydrogen (secondary N) is 1. The van der Waals surface area contributed by atoms with E-state index in [-0.39, 0.29) is 0 Å². The summed E-state index contributed by atoms with van der Waals surface area (Å²) in [6.07, 6.45) is 3.02. The molecule has 0 aliphatic carbocycles. The smallest absolute Gasteiger partial charge is 0.288 e. The van der Waals surface area contributed by atoms with Crippen molar-refractivity contribution in [2.24, 2.45) is 0 Å². The maximum Gasteiger partial charge on any atom is 0.288 e. The minimum Gasteiger partial charge on any atom is -0.318 e. The Bertz CT molecular complexity index is 835. The van der Waals surface area contributed by atoms with E-state index in [2.05, 4.69) is 21.9 Å². The van der Waals surface area contributed by atoms with Crippen LogP contribution >= 0.6 is 0 Å². The summed E-state index contributed by atoms with van der Waals surface area (Å²) >= 11 is 0. The van der Waals surface area contributed by atoms with Gasteiger partial charge in [-0.05, 0) is 30.2 Å². The number of nitrogens with zero attached hydrogens (tertiary/aromatic N) is 1. The van der Waals surface area contributed by atoms with Crippen molar-refractivity contribution in [1.82, 2.24) is 4.40 Å². The summed E-state index contributed by atoms with van der Waals surface area (Å²) in [4.78, 5) is 22.1. The quantitative estimate of drug-likeness (QED) is 0.593. The lowest BCUT2D eigenvalue weighted by Gasteiger charge is -2.04. The van der Waals surface area contributed by atoms with E-state index in [1.165, 1.54) is 5.56 Å². The molecule has 1 amide bonds. The van der Waals surface area contributed by atoms with Crippen LogP contribution in [0, 0.1) is 6.92 Å². The number of hydrogen-bond donors (Lipinski definition) is 1. The highest BCUT2D eigenvalue weighted by atomic mass is 16.2. The predicted octanol–water partition coefficient (Wildman–Crippen LogP) is 2.98. The van der Waals surface area contributed by atoms with Crippen LogP contribution in [0.4, 0.5) is 5.69 Å². The molecule has 4 nitrogen and oxygen atoms in total. The number of carbonyl (C=O) groups is 2. The van der Waals surface area contributed by atoms with E-state index in [9.17, 15) is 9.59 Å². The van der Waals surface area contributed by atoms with Crippen LogP contribution in [0.2, 0.25) is 0 Å². The Balaban J connectivity index is 2.12. The molecule has 22 heavy (non-hydrogen) atoms. The van der Waals surface area contributed by atoms with Crippen molar-refractivity contribution >= 4 is 23.4 Å². The van der Waals surface area contributed by atoms with Crippen molar-refractivity contribution in [3.63, 3.8) is 0 Å². The molecule has 0 saturated heterocycles. The number of hydrogen-bond acceptors (Lipinski definition) is 2. The third-order valence-electron chi connectivity index (χ3n) is 3.78. The molecule has 0 fully saturated rings. The van der Waals surface area contributed by atoms with E-state index in [1.54, 1.807) is 0 Å². The van der Waals surface area contributed by atoms with Gasteiger partial charge in [0.1, 0.15) is 0 Å². The monoisotopic (exact) mass is 292 g/mol. The summed E-state index contributed by atoms with van der Waals surface area (Å²) in [6.45, 7) is 1.96. The van der Waals surface area contributed by atoms with Gasteiger partial charge in [-0.25, -0.2) is 0 Å². The average molecular weight is 292 g/mol. The second-order valence-electron chi connectivity index (χ2n) is 5.17. The molecule has 2 heterocycles. The van der Waals surface area contributed by atoms with Crippen molar-refractivity contribution in [2.75, 3.05) is 5.32 Å². The van der Waals surface area contributed by atoms with Gasteiger partial charge >= 0.3 is 0 Å². The molecular weight excluding hydrogens is 276 g/mol. The third-order valence-corrected chi connectivity index (χ3v) is 3.78. The van der Waals surface area contributed by atoms with Gasteiger partial charge in [-0.1, -0.05) is 36.4 Å². The molecule has 1 aromatic carbocycles. The van der Waals surface area contributed by atoms with E-state index >= 15 is 0 Å². The standard InChI is InChI=1S/C18H16N2O2/c1-13-16(11-14-7-3-2-4-8-14)20-10-6-5-9-15(20)18(13)19-17(22)12-21/h2-10,12H,11H2,1H3,(H,19,22). The molecule has 0 aliphatic rings. The first-order valence-electron chi connectivity index (χ1n) is 7.09. The summed E-state index contributed by atoms with van der Waals surface area (Å²) < 4.78 is 2.06. The molecule has 0 spiro atoms. The van der Waals surface area contributed by atoms with Crippen LogP contribution < -0.4 is 5.32 Å². The largest absolute Gasteiger partial charge is 0.318 e. The molecule has 2 aromatic heterocycles. The molecule has 1 N–H and O–H groups in total. The molecule has 0 unspecified atom stereocenters. The van der Waals surface area contributed by atoms with Crippen LogP contribution in [0.3, 0.4) is 0 Å². The van der Waals surface area contributed by atoms with Gasteiger partial charge in [0.25, 0.3) is 5.91 Å². The molecule has 3 aromatic rings. The van der Waals surface area contributed by atoms with Crippen LogP contribution in [0.15, 0.2) is 54.7 Å². The number of pyridine rings is 1.